The molecule has 0 spiro atoms. The molecule has 0 heterocycles. The summed E-state index contributed by atoms with van der Waals surface area (Å²) < 4.78 is 5.10. The molecule has 18 heavy (non-hydrogen) atoms. The van der Waals surface area contributed by atoms with Crippen molar-refractivity contribution in [2.75, 3.05) is 14.2 Å². The molecule has 2 nitrogen and oxygen atoms in total. The molecule has 0 saturated heterocycles. The van der Waals surface area contributed by atoms with Crippen molar-refractivity contribution in [1.29, 1.82) is 0 Å². The molecule has 1 aromatic rings. The van der Waals surface area contributed by atoms with Gasteiger partial charge in [0.2, 0.25) is 0 Å². The zero-order chi connectivity index (χ0) is 13.4. The van der Waals surface area contributed by atoms with Gasteiger partial charge in [0.15, 0.2) is 0 Å². The Balaban J connectivity index is 2.68. The Kier molecular flexibility index (Phi) is 5.60. The van der Waals surface area contributed by atoms with Gasteiger partial charge in [-0.25, -0.2) is 0 Å². The van der Waals surface area contributed by atoms with Gasteiger partial charge < -0.3 is 9.64 Å². The molecule has 0 aliphatic carbocycles. The number of ether oxygens (including phenoxy) is 1. The van der Waals surface area contributed by atoms with E-state index < -0.39 is 0 Å². The first-order valence-electron chi connectivity index (χ1n) is 5.84. The second kappa shape index (κ2) is 7.24. The summed E-state index contributed by atoms with van der Waals surface area (Å²) in [5, 5.41) is 0. The Labute approximate surface area is 110 Å². The van der Waals surface area contributed by atoms with E-state index in [2.05, 4.69) is 25.3 Å². The normalized spacial score (nSPS) is 11.5. The van der Waals surface area contributed by atoms with Gasteiger partial charge in [-0.3, -0.25) is 0 Å². The highest BCUT2D eigenvalue weighted by Crippen LogP contribution is 2.10. The monoisotopic (exact) mass is 241 g/mol. The molecule has 0 bridgehead atoms. The summed E-state index contributed by atoms with van der Waals surface area (Å²) >= 11 is 0. The van der Waals surface area contributed by atoms with Crippen molar-refractivity contribution in [1.82, 2.24) is 4.90 Å². The topological polar surface area (TPSA) is 12.5 Å². The molecule has 0 aromatic heterocycles. The summed E-state index contributed by atoms with van der Waals surface area (Å²) in [6, 6.07) is 7.89. The van der Waals surface area contributed by atoms with E-state index in [1.807, 2.05) is 48.5 Å². The van der Waals surface area contributed by atoms with Gasteiger partial charge in [-0.1, -0.05) is 24.5 Å². The Hall–Kier alpha value is -2.14. The Bertz CT molecular complexity index is 462. The largest absolute Gasteiger partial charge is 0.497 e. The Morgan fingerprint density at radius 2 is 2.00 bits per heavy atom. The second-order valence-electron chi connectivity index (χ2n) is 3.92. The molecule has 2 heteroatoms. The molecule has 1 rings (SSSR count). The van der Waals surface area contributed by atoms with Crippen LogP contribution in [0.15, 0.2) is 49.2 Å². The average Bonchev–Trinajstić information content (AvgIpc) is 2.42. The van der Waals surface area contributed by atoms with Crippen LogP contribution in [0.1, 0.15) is 12.5 Å². The fourth-order valence-corrected chi connectivity index (χ4v) is 1.29. The van der Waals surface area contributed by atoms with Gasteiger partial charge in [0.05, 0.1) is 13.2 Å². The predicted octanol–water partition coefficient (Wildman–Crippen LogP) is 3.07. The van der Waals surface area contributed by atoms with Gasteiger partial charge in [0.25, 0.3) is 0 Å². The number of benzene rings is 1. The lowest BCUT2D eigenvalue weighted by molar-refractivity contribution is 0.414. The maximum Gasteiger partial charge on any atom is 0.118 e. The summed E-state index contributed by atoms with van der Waals surface area (Å²) in [4.78, 5) is 2.04. The van der Waals surface area contributed by atoms with Gasteiger partial charge in [0, 0.05) is 12.6 Å². The lowest BCUT2D eigenvalue weighted by Crippen LogP contribution is -2.21. The number of hydrogen-bond donors (Lipinski definition) is 0. The first-order chi connectivity index (χ1) is 8.67. The van der Waals surface area contributed by atoms with E-state index in [1.54, 1.807) is 13.2 Å². The standard InChI is InChI=1S/C16H19NO/c1-5-6-13-17(3)14(2)7-8-15-9-11-16(18-4)12-10-15/h5-6,9-14H,1H2,2-4H3/b13-6-. The minimum Gasteiger partial charge on any atom is -0.497 e. The number of methoxy groups -OCH3 is 1. The number of rotatable bonds is 4. The van der Waals surface area contributed by atoms with Crippen LogP contribution >= 0.6 is 0 Å². The molecule has 1 atom stereocenters. The van der Waals surface area contributed by atoms with Gasteiger partial charge in [0.1, 0.15) is 5.75 Å². The van der Waals surface area contributed by atoms with Crippen LogP contribution in [0.2, 0.25) is 0 Å². The highest BCUT2D eigenvalue weighted by atomic mass is 16.5. The fourth-order valence-electron chi connectivity index (χ4n) is 1.29. The molecular formula is C16H19NO. The first kappa shape index (κ1) is 13.9. The van der Waals surface area contributed by atoms with E-state index in [-0.39, 0.29) is 6.04 Å². The predicted molar refractivity (Wildman–Crippen MR) is 76.4 cm³/mol. The summed E-state index contributed by atoms with van der Waals surface area (Å²) in [6.07, 6.45) is 5.60. The maximum absolute atomic E-state index is 5.10. The quantitative estimate of drug-likeness (QED) is 0.593. The van der Waals surface area contributed by atoms with E-state index >= 15 is 0 Å². The highest BCUT2D eigenvalue weighted by Gasteiger charge is 1.99. The van der Waals surface area contributed by atoms with Crippen LogP contribution in [-0.4, -0.2) is 25.1 Å². The van der Waals surface area contributed by atoms with Crippen LogP contribution in [0, 0.1) is 11.8 Å². The van der Waals surface area contributed by atoms with Crippen LogP contribution in [-0.2, 0) is 0 Å². The maximum atomic E-state index is 5.10. The third-order valence-corrected chi connectivity index (χ3v) is 2.58. The summed E-state index contributed by atoms with van der Waals surface area (Å²) in [5.41, 5.74) is 0.990. The van der Waals surface area contributed by atoms with Crippen LogP contribution in [0.25, 0.3) is 0 Å². The Morgan fingerprint density at radius 1 is 1.33 bits per heavy atom. The summed E-state index contributed by atoms with van der Waals surface area (Å²) in [5.74, 6) is 7.19. The van der Waals surface area contributed by atoms with Crippen molar-refractivity contribution in [3.63, 3.8) is 0 Å². The minimum atomic E-state index is 0.156. The molecular weight excluding hydrogens is 222 g/mol. The smallest absolute Gasteiger partial charge is 0.118 e. The van der Waals surface area contributed by atoms with Crippen molar-refractivity contribution < 1.29 is 4.74 Å². The Morgan fingerprint density at radius 3 is 2.56 bits per heavy atom. The zero-order valence-corrected chi connectivity index (χ0v) is 11.2. The van der Waals surface area contributed by atoms with Crippen molar-refractivity contribution in [2.24, 2.45) is 0 Å². The molecule has 0 saturated carbocycles. The lowest BCUT2D eigenvalue weighted by atomic mass is 10.2. The van der Waals surface area contributed by atoms with E-state index in [0.717, 1.165) is 11.3 Å². The molecule has 94 valence electrons. The second-order valence-corrected chi connectivity index (χ2v) is 3.92. The van der Waals surface area contributed by atoms with Crippen molar-refractivity contribution in [3.8, 4) is 17.6 Å². The summed E-state index contributed by atoms with van der Waals surface area (Å²) in [6.45, 7) is 5.70. The first-order valence-corrected chi connectivity index (χ1v) is 5.84. The SMILES string of the molecule is C=C/C=C\N(C)C(C)C#Cc1ccc(OC)cc1. The minimum absolute atomic E-state index is 0.156. The van der Waals surface area contributed by atoms with Crippen LogP contribution in [0.5, 0.6) is 5.75 Å². The van der Waals surface area contributed by atoms with E-state index in [9.17, 15) is 0 Å². The molecule has 0 fully saturated rings. The number of allylic oxidation sites excluding steroid dienone is 2. The van der Waals surface area contributed by atoms with Crippen molar-refractivity contribution >= 4 is 0 Å². The highest BCUT2D eigenvalue weighted by molar-refractivity contribution is 5.38. The van der Waals surface area contributed by atoms with Gasteiger partial charge in [-0.15, -0.1) is 0 Å². The average molecular weight is 241 g/mol. The summed E-state index contributed by atoms with van der Waals surface area (Å²) in [7, 11) is 3.65. The van der Waals surface area contributed by atoms with Crippen LogP contribution in [0.4, 0.5) is 0 Å². The molecule has 0 radical (unpaired) electrons. The van der Waals surface area contributed by atoms with Gasteiger partial charge in [-0.05, 0) is 43.5 Å². The van der Waals surface area contributed by atoms with E-state index in [4.69, 9.17) is 4.74 Å². The third-order valence-electron chi connectivity index (χ3n) is 2.58. The number of hydrogen-bond acceptors (Lipinski definition) is 2. The molecule has 0 N–H and O–H groups in total. The molecule has 0 amide bonds. The van der Waals surface area contributed by atoms with Crippen molar-refractivity contribution in [3.05, 3.63) is 54.8 Å². The molecule has 0 aliphatic rings. The third kappa shape index (κ3) is 4.39. The molecule has 1 unspecified atom stereocenters. The van der Waals surface area contributed by atoms with Gasteiger partial charge >= 0.3 is 0 Å². The van der Waals surface area contributed by atoms with E-state index in [0.29, 0.717) is 0 Å². The van der Waals surface area contributed by atoms with Crippen LogP contribution in [0.3, 0.4) is 0 Å². The van der Waals surface area contributed by atoms with Crippen molar-refractivity contribution in [2.45, 2.75) is 13.0 Å². The fraction of sp³-hybridized carbons (Fsp3) is 0.250. The molecule has 1 aromatic carbocycles. The van der Waals surface area contributed by atoms with Gasteiger partial charge in [-0.2, -0.15) is 0 Å². The lowest BCUT2D eigenvalue weighted by Gasteiger charge is -2.17. The van der Waals surface area contributed by atoms with E-state index in [1.165, 1.54) is 0 Å². The van der Waals surface area contributed by atoms with Crippen LogP contribution < -0.4 is 4.74 Å². The zero-order valence-electron chi connectivity index (χ0n) is 11.2. The molecule has 0 aliphatic heterocycles. The number of nitrogens with zero attached hydrogens (tertiary/aromatic N) is 1.